The van der Waals surface area contributed by atoms with Crippen molar-refractivity contribution >= 4 is 17.9 Å². The lowest BCUT2D eigenvalue weighted by molar-refractivity contribution is -0.167. The minimum atomic E-state index is -0.767. The van der Waals surface area contributed by atoms with Gasteiger partial charge in [0, 0.05) is 19.3 Å². The second-order valence-electron chi connectivity index (χ2n) is 21.3. The molecule has 1 atom stereocenters. The van der Waals surface area contributed by atoms with Crippen molar-refractivity contribution in [2.45, 2.75) is 361 Å². The highest BCUT2D eigenvalue weighted by molar-refractivity contribution is 5.71. The summed E-state index contributed by atoms with van der Waals surface area (Å²) in [7, 11) is 0. The van der Waals surface area contributed by atoms with E-state index in [0.717, 1.165) is 57.8 Å². The van der Waals surface area contributed by atoms with Crippen LogP contribution < -0.4 is 0 Å². The molecule has 0 aromatic rings. The molecule has 0 aromatic carbocycles. The topological polar surface area (TPSA) is 78.9 Å². The molecule has 408 valence electrons. The molecule has 0 aromatic heterocycles. The molecule has 6 heteroatoms. The van der Waals surface area contributed by atoms with Crippen molar-refractivity contribution in [3.8, 4) is 0 Å². The Hall–Kier alpha value is -1.85. The number of hydrogen-bond donors (Lipinski definition) is 0. The van der Waals surface area contributed by atoms with E-state index in [9.17, 15) is 14.4 Å². The zero-order valence-electron chi connectivity index (χ0n) is 46.9. The van der Waals surface area contributed by atoms with Gasteiger partial charge < -0.3 is 14.2 Å². The number of carbonyl (C=O) groups excluding carboxylic acids is 3. The molecule has 69 heavy (non-hydrogen) atoms. The predicted molar refractivity (Wildman–Crippen MR) is 298 cm³/mol. The third-order valence-electron chi connectivity index (χ3n) is 14.3. The Labute approximate surface area is 431 Å². The van der Waals surface area contributed by atoms with Crippen LogP contribution >= 0.6 is 0 Å². The van der Waals surface area contributed by atoms with Gasteiger partial charge in [0.05, 0.1) is 0 Å². The Morgan fingerprint density at radius 3 is 0.725 bits per heavy atom. The van der Waals surface area contributed by atoms with Crippen molar-refractivity contribution in [1.29, 1.82) is 0 Å². The van der Waals surface area contributed by atoms with Gasteiger partial charge in [-0.15, -0.1) is 0 Å². The van der Waals surface area contributed by atoms with Gasteiger partial charge in [0.25, 0.3) is 0 Å². The summed E-state index contributed by atoms with van der Waals surface area (Å²) in [5.74, 6) is -0.839. The van der Waals surface area contributed by atoms with Crippen LogP contribution in [0.2, 0.25) is 0 Å². The molecule has 0 aliphatic heterocycles. The summed E-state index contributed by atoms with van der Waals surface area (Å²) in [6.07, 6.45) is 67.8. The van der Waals surface area contributed by atoms with E-state index in [0.29, 0.717) is 19.3 Å². The van der Waals surface area contributed by atoms with E-state index in [-0.39, 0.29) is 31.1 Å². The number of allylic oxidation sites excluding steroid dienone is 2. The van der Waals surface area contributed by atoms with Crippen molar-refractivity contribution < 1.29 is 28.6 Å². The standard InChI is InChI=1S/C63H120O6/c1-4-7-10-13-16-19-22-25-28-31-34-37-40-43-46-49-52-55-61(64)67-58-60(69-63(66)57-54-51-48-45-42-39-36-33-30-27-24-21-18-15-12-9-6-3)59-68-62(65)56-53-50-47-44-41-38-35-32-29-26-23-20-17-14-11-8-5-2/h25,28,60H,4-24,26-27,29-59H2,1-3H3/b28-25-/t60-/m1/s1. The van der Waals surface area contributed by atoms with Crippen molar-refractivity contribution in [2.75, 3.05) is 13.2 Å². The third-order valence-corrected chi connectivity index (χ3v) is 14.3. The van der Waals surface area contributed by atoms with Gasteiger partial charge in [-0.3, -0.25) is 14.4 Å². The van der Waals surface area contributed by atoms with E-state index in [2.05, 4.69) is 32.9 Å². The third kappa shape index (κ3) is 56.9. The highest BCUT2D eigenvalue weighted by Crippen LogP contribution is 2.18. The second kappa shape index (κ2) is 58.7. The van der Waals surface area contributed by atoms with Crippen LogP contribution in [-0.4, -0.2) is 37.2 Å². The number of hydrogen-bond acceptors (Lipinski definition) is 6. The van der Waals surface area contributed by atoms with Crippen LogP contribution in [-0.2, 0) is 28.6 Å². The molecule has 0 aliphatic rings. The fraction of sp³-hybridized carbons (Fsp3) is 0.921. The smallest absolute Gasteiger partial charge is 0.306 e. The molecule has 0 spiro atoms. The summed E-state index contributed by atoms with van der Waals surface area (Å²) in [6.45, 7) is 6.71. The van der Waals surface area contributed by atoms with E-state index in [4.69, 9.17) is 14.2 Å². The molecule has 6 nitrogen and oxygen atoms in total. The first kappa shape index (κ1) is 67.1. The van der Waals surface area contributed by atoms with Crippen LogP contribution in [0, 0.1) is 0 Å². The summed E-state index contributed by atoms with van der Waals surface area (Å²) in [5.41, 5.74) is 0. The summed E-state index contributed by atoms with van der Waals surface area (Å²) in [6, 6.07) is 0. The predicted octanol–water partition coefficient (Wildman–Crippen LogP) is 20.9. The molecular weight excluding hydrogens is 853 g/mol. The number of unbranched alkanes of at least 4 members (excludes halogenated alkanes) is 45. The summed E-state index contributed by atoms with van der Waals surface area (Å²) < 4.78 is 16.9. The highest BCUT2D eigenvalue weighted by Gasteiger charge is 2.19. The van der Waals surface area contributed by atoms with Crippen LogP contribution in [0.3, 0.4) is 0 Å². The van der Waals surface area contributed by atoms with E-state index < -0.39 is 6.10 Å². The van der Waals surface area contributed by atoms with Crippen molar-refractivity contribution in [3.63, 3.8) is 0 Å². The number of esters is 3. The molecule has 0 amide bonds. The first-order chi connectivity index (χ1) is 34.0. The Balaban J connectivity index is 4.31. The molecule has 0 saturated heterocycles. The van der Waals surface area contributed by atoms with Crippen LogP contribution in [0.4, 0.5) is 0 Å². The number of ether oxygens (including phenoxy) is 3. The van der Waals surface area contributed by atoms with Crippen LogP contribution in [0.15, 0.2) is 12.2 Å². The van der Waals surface area contributed by atoms with Crippen molar-refractivity contribution in [1.82, 2.24) is 0 Å². The largest absolute Gasteiger partial charge is 0.462 e. The second-order valence-corrected chi connectivity index (χ2v) is 21.3. The van der Waals surface area contributed by atoms with Gasteiger partial charge in [-0.1, -0.05) is 303 Å². The zero-order chi connectivity index (χ0) is 50.0. The Kier molecular flexibility index (Phi) is 57.1. The number of rotatable bonds is 58. The maximum absolute atomic E-state index is 12.9. The summed E-state index contributed by atoms with van der Waals surface area (Å²) in [5, 5.41) is 0. The summed E-state index contributed by atoms with van der Waals surface area (Å²) in [4.78, 5) is 38.3. The molecule has 0 heterocycles. The highest BCUT2D eigenvalue weighted by atomic mass is 16.6. The lowest BCUT2D eigenvalue weighted by Gasteiger charge is -2.18. The van der Waals surface area contributed by atoms with Crippen LogP contribution in [0.1, 0.15) is 355 Å². The molecule has 0 saturated carbocycles. The minimum Gasteiger partial charge on any atom is -0.462 e. The fourth-order valence-electron chi connectivity index (χ4n) is 9.56. The van der Waals surface area contributed by atoms with Gasteiger partial charge in [-0.05, 0) is 44.9 Å². The van der Waals surface area contributed by atoms with Gasteiger partial charge in [0.2, 0.25) is 0 Å². The van der Waals surface area contributed by atoms with Gasteiger partial charge in [-0.2, -0.15) is 0 Å². The van der Waals surface area contributed by atoms with E-state index in [1.54, 1.807) is 0 Å². The number of carbonyl (C=O) groups is 3. The Bertz CT molecular complexity index is 1070. The van der Waals surface area contributed by atoms with Gasteiger partial charge >= 0.3 is 17.9 Å². The maximum atomic E-state index is 12.9. The molecule has 0 unspecified atom stereocenters. The van der Waals surface area contributed by atoms with E-state index in [1.807, 2.05) is 0 Å². The van der Waals surface area contributed by atoms with Crippen LogP contribution in [0.5, 0.6) is 0 Å². The Morgan fingerprint density at radius 2 is 0.478 bits per heavy atom. The molecule has 0 N–H and O–H groups in total. The lowest BCUT2D eigenvalue weighted by Crippen LogP contribution is -2.30. The lowest BCUT2D eigenvalue weighted by atomic mass is 10.0. The van der Waals surface area contributed by atoms with E-state index >= 15 is 0 Å². The average molecular weight is 974 g/mol. The van der Waals surface area contributed by atoms with Gasteiger partial charge in [0.15, 0.2) is 6.10 Å². The molecule has 0 bridgehead atoms. The van der Waals surface area contributed by atoms with Crippen molar-refractivity contribution in [3.05, 3.63) is 12.2 Å². The van der Waals surface area contributed by atoms with E-state index in [1.165, 1.54) is 257 Å². The maximum Gasteiger partial charge on any atom is 0.306 e. The fourth-order valence-corrected chi connectivity index (χ4v) is 9.56. The molecule has 0 aliphatic carbocycles. The monoisotopic (exact) mass is 973 g/mol. The van der Waals surface area contributed by atoms with Gasteiger partial charge in [-0.25, -0.2) is 0 Å². The molecule has 0 fully saturated rings. The first-order valence-electron chi connectivity index (χ1n) is 31.2. The SMILES string of the molecule is CCCCCCCC/C=C\CCCCCCCCCC(=O)OC[C@H](COC(=O)CCCCCCCCCCCCCCCCCCC)OC(=O)CCCCCCCCCCCCCCCCCCC. The quantitative estimate of drug-likeness (QED) is 0.0261. The zero-order valence-corrected chi connectivity index (χ0v) is 46.9. The molecule has 0 rings (SSSR count). The average Bonchev–Trinajstić information content (AvgIpc) is 3.35. The minimum absolute atomic E-state index is 0.0647. The normalized spacial score (nSPS) is 12.0. The van der Waals surface area contributed by atoms with Crippen molar-refractivity contribution in [2.24, 2.45) is 0 Å². The first-order valence-corrected chi connectivity index (χ1v) is 31.2. The van der Waals surface area contributed by atoms with Gasteiger partial charge in [0.1, 0.15) is 13.2 Å². The summed E-state index contributed by atoms with van der Waals surface area (Å²) >= 11 is 0. The Morgan fingerprint density at radius 1 is 0.275 bits per heavy atom. The molecular formula is C63H120O6. The molecule has 0 radical (unpaired) electrons. The van der Waals surface area contributed by atoms with Crippen LogP contribution in [0.25, 0.3) is 0 Å².